The number of alkyl carbamates (subject to hydrolysis) is 1. The zero-order valence-corrected chi connectivity index (χ0v) is 17.9. The van der Waals surface area contributed by atoms with Crippen LogP contribution < -0.4 is 21.7 Å². The maximum absolute atomic E-state index is 12.3. The number of carbonyl (C=O) groups excluding carboxylic acids is 2. The molecule has 1 saturated carbocycles. The average Bonchev–Trinajstić information content (AvgIpc) is 2.94. The molecule has 2 aliphatic rings. The molecule has 160 valence electrons. The number of aromatic nitrogens is 1. The van der Waals surface area contributed by atoms with Gasteiger partial charge in [0, 0.05) is 19.1 Å². The Kier molecular flexibility index (Phi) is 5.65. The van der Waals surface area contributed by atoms with Crippen molar-refractivity contribution < 1.29 is 14.3 Å². The van der Waals surface area contributed by atoms with E-state index >= 15 is 0 Å². The lowest BCUT2D eigenvalue weighted by Crippen LogP contribution is -2.51. The normalized spacial score (nSPS) is 21.2. The minimum atomic E-state index is -0.513. The van der Waals surface area contributed by atoms with E-state index in [1.54, 1.807) is 6.07 Å². The number of nitrogens with one attached hydrogen (secondary N) is 1. The Hall–Kier alpha value is -2.51. The molecule has 8 heteroatoms. The van der Waals surface area contributed by atoms with Gasteiger partial charge in [-0.25, -0.2) is 9.78 Å². The molecule has 2 heterocycles. The second-order valence-corrected chi connectivity index (χ2v) is 9.37. The van der Waals surface area contributed by atoms with Crippen molar-refractivity contribution in [2.45, 2.75) is 71.4 Å². The fraction of sp³-hybridized carbons (Fsp3) is 0.667. The van der Waals surface area contributed by atoms with Gasteiger partial charge in [0.25, 0.3) is 5.91 Å². The minimum absolute atomic E-state index is 0.0513. The highest BCUT2D eigenvalue weighted by atomic mass is 16.6. The maximum atomic E-state index is 12.3. The van der Waals surface area contributed by atoms with Crippen LogP contribution in [0.4, 0.5) is 16.4 Å². The summed E-state index contributed by atoms with van der Waals surface area (Å²) < 4.78 is 5.46. The third-order valence-electron chi connectivity index (χ3n) is 6.12. The van der Waals surface area contributed by atoms with Gasteiger partial charge in [-0.2, -0.15) is 0 Å². The molecular formula is C21H33N5O3. The van der Waals surface area contributed by atoms with Crippen LogP contribution in [0.5, 0.6) is 0 Å². The SMILES string of the molecule is Cc1cc(N)nc(N2CCC3(CCCC3NC(=O)OC(C)(C)C)CC2)c1C(N)=O. The van der Waals surface area contributed by atoms with E-state index in [2.05, 4.69) is 15.2 Å². The van der Waals surface area contributed by atoms with Gasteiger partial charge in [0.2, 0.25) is 0 Å². The second kappa shape index (κ2) is 7.72. The third-order valence-corrected chi connectivity index (χ3v) is 6.12. The van der Waals surface area contributed by atoms with Gasteiger partial charge in [0.05, 0.1) is 5.56 Å². The van der Waals surface area contributed by atoms with E-state index in [4.69, 9.17) is 16.2 Å². The zero-order chi connectivity index (χ0) is 21.4. The minimum Gasteiger partial charge on any atom is -0.444 e. The highest BCUT2D eigenvalue weighted by molar-refractivity contribution is 5.99. The standard InChI is InChI=1S/C21H33N5O3/c1-13-12-15(22)25-18(16(13)17(23)27)26-10-8-21(9-11-26)7-5-6-14(21)24-19(28)29-20(2,3)4/h12,14H,5-11H2,1-4H3,(H2,22,25)(H2,23,27)(H,24,28). The van der Waals surface area contributed by atoms with Gasteiger partial charge >= 0.3 is 6.09 Å². The molecule has 1 aromatic rings. The van der Waals surface area contributed by atoms with Crippen molar-refractivity contribution >= 4 is 23.6 Å². The van der Waals surface area contributed by atoms with Crippen LogP contribution in [-0.2, 0) is 4.74 Å². The third kappa shape index (κ3) is 4.57. The summed E-state index contributed by atoms with van der Waals surface area (Å²) >= 11 is 0. The van der Waals surface area contributed by atoms with Crippen molar-refractivity contribution in [3.05, 3.63) is 17.2 Å². The fourth-order valence-corrected chi connectivity index (χ4v) is 4.79. The Morgan fingerprint density at radius 3 is 2.52 bits per heavy atom. The van der Waals surface area contributed by atoms with Crippen molar-refractivity contribution in [2.75, 3.05) is 23.7 Å². The molecule has 0 aromatic carbocycles. The Balaban J connectivity index is 1.73. The fourth-order valence-electron chi connectivity index (χ4n) is 4.79. The van der Waals surface area contributed by atoms with Crippen molar-refractivity contribution in [3.63, 3.8) is 0 Å². The number of carbonyl (C=O) groups is 2. The number of nitrogens with two attached hydrogens (primary N) is 2. The zero-order valence-electron chi connectivity index (χ0n) is 17.9. The summed E-state index contributed by atoms with van der Waals surface area (Å²) in [5.74, 6) is 0.461. The number of hydrogen-bond acceptors (Lipinski definition) is 6. The number of anilines is 2. The lowest BCUT2D eigenvalue weighted by atomic mass is 9.74. The molecule has 2 amide bonds. The average molecular weight is 404 g/mol. The Bertz CT molecular complexity index is 794. The van der Waals surface area contributed by atoms with Crippen molar-refractivity contribution in [1.29, 1.82) is 0 Å². The van der Waals surface area contributed by atoms with E-state index in [1.165, 1.54) is 0 Å². The number of amides is 2. The molecule has 1 spiro atoms. The maximum Gasteiger partial charge on any atom is 0.407 e. The molecule has 1 aromatic heterocycles. The summed E-state index contributed by atoms with van der Waals surface area (Å²) in [5, 5.41) is 3.11. The Labute approximate surface area is 172 Å². The summed E-state index contributed by atoms with van der Waals surface area (Å²) in [7, 11) is 0. The number of pyridine rings is 1. The van der Waals surface area contributed by atoms with Gasteiger partial charge < -0.3 is 26.4 Å². The lowest BCUT2D eigenvalue weighted by Gasteiger charge is -2.44. The van der Waals surface area contributed by atoms with Crippen LogP contribution in [0.2, 0.25) is 0 Å². The topological polar surface area (TPSA) is 124 Å². The van der Waals surface area contributed by atoms with Crippen molar-refractivity contribution in [3.8, 4) is 0 Å². The van der Waals surface area contributed by atoms with E-state index < -0.39 is 11.5 Å². The van der Waals surface area contributed by atoms with Gasteiger partial charge in [0.15, 0.2) is 0 Å². The predicted molar refractivity (Wildman–Crippen MR) is 113 cm³/mol. The number of nitrogens with zero attached hydrogens (tertiary/aromatic N) is 2. The monoisotopic (exact) mass is 403 g/mol. The first kappa shape index (κ1) is 21.2. The molecule has 1 saturated heterocycles. The summed E-state index contributed by atoms with van der Waals surface area (Å²) in [5.41, 5.74) is 12.2. The van der Waals surface area contributed by atoms with Gasteiger partial charge in [-0.1, -0.05) is 6.42 Å². The molecule has 1 aliphatic heterocycles. The van der Waals surface area contributed by atoms with Crippen LogP contribution in [0, 0.1) is 12.3 Å². The van der Waals surface area contributed by atoms with Crippen LogP contribution in [0.25, 0.3) is 0 Å². The van der Waals surface area contributed by atoms with E-state index in [0.717, 1.165) is 50.8 Å². The molecule has 2 fully saturated rings. The molecule has 1 aliphatic carbocycles. The summed E-state index contributed by atoms with van der Waals surface area (Å²) in [6.07, 6.45) is 4.58. The van der Waals surface area contributed by atoms with Crippen LogP contribution in [0.3, 0.4) is 0 Å². The van der Waals surface area contributed by atoms with Gasteiger partial charge in [-0.15, -0.1) is 0 Å². The van der Waals surface area contributed by atoms with Crippen LogP contribution in [-0.4, -0.2) is 41.7 Å². The smallest absolute Gasteiger partial charge is 0.407 e. The van der Waals surface area contributed by atoms with Crippen LogP contribution in [0.1, 0.15) is 68.8 Å². The first-order valence-electron chi connectivity index (χ1n) is 10.3. The molecule has 3 rings (SSSR count). The van der Waals surface area contributed by atoms with Gasteiger partial charge in [0.1, 0.15) is 17.2 Å². The molecule has 0 radical (unpaired) electrons. The van der Waals surface area contributed by atoms with E-state index in [1.807, 2.05) is 27.7 Å². The highest BCUT2D eigenvalue weighted by Gasteiger charge is 2.46. The number of nitrogen functional groups attached to an aromatic ring is 1. The predicted octanol–water partition coefficient (Wildman–Crippen LogP) is 2.73. The van der Waals surface area contributed by atoms with Gasteiger partial charge in [-0.05, 0) is 70.4 Å². The van der Waals surface area contributed by atoms with E-state index in [9.17, 15) is 9.59 Å². The Morgan fingerprint density at radius 2 is 1.93 bits per heavy atom. The number of rotatable bonds is 3. The highest BCUT2D eigenvalue weighted by Crippen LogP contribution is 2.47. The van der Waals surface area contributed by atoms with Crippen molar-refractivity contribution in [2.24, 2.45) is 11.1 Å². The lowest BCUT2D eigenvalue weighted by molar-refractivity contribution is 0.0442. The molecule has 8 nitrogen and oxygen atoms in total. The number of hydrogen-bond donors (Lipinski definition) is 3. The molecule has 1 atom stereocenters. The number of primary amides is 1. The number of piperidine rings is 1. The van der Waals surface area contributed by atoms with Gasteiger partial charge in [-0.3, -0.25) is 4.79 Å². The quantitative estimate of drug-likeness (QED) is 0.713. The second-order valence-electron chi connectivity index (χ2n) is 9.37. The summed E-state index contributed by atoms with van der Waals surface area (Å²) in [6, 6.07) is 1.78. The molecule has 5 N–H and O–H groups in total. The Morgan fingerprint density at radius 1 is 1.28 bits per heavy atom. The number of ether oxygens (including phenoxy) is 1. The number of aryl methyl sites for hydroxylation is 1. The first-order chi connectivity index (χ1) is 13.5. The molecule has 29 heavy (non-hydrogen) atoms. The van der Waals surface area contributed by atoms with Crippen LogP contribution in [0.15, 0.2) is 6.07 Å². The molecular weight excluding hydrogens is 370 g/mol. The van der Waals surface area contributed by atoms with E-state index in [0.29, 0.717) is 17.2 Å². The van der Waals surface area contributed by atoms with E-state index in [-0.39, 0.29) is 17.6 Å². The molecule has 0 bridgehead atoms. The largest absolute Gasteiger partial charge is 0.444 e. The summed E-state index contributed by atoms with van der Waals surface area (Å²) in [6.45, 7) is 8.90. The van der Waals surface area contributed by atoms with Crippen molar-refractivity contribution in [1.82, 2.24) is 10.3 Å². The summed E-state index contributed by atoms with van der Waals surface area (Å²) in [4.78, 5) is 30.8. The molecule has 1 unspecified atom stereocenters. The first-order valence-corrected chi connectivity index (χ1v) is 10.3. The van der Waals surface area contributed by atoms with Crippen LogP contribution >= 0.6 is 0 Å².